The molecule has 1 aliphatic heterocycles. The molecular formula is C20H19F3N4O4. The molecule has 1 saturated heterocycles. The average molecular weight is 436 g/mol. The van der Waals surface area contributed by atoms with Gasteiger partial charge in [0.2, 0.25) is 0 Å². The van der Waals surface area contributed by atoms with E-state index in [1.165, 1.54) is 5.56 Å². The summed E-state index contributed by atoms with van der Waals surface area (Å²) in [5, 5.41) is 31.4. The van der Waals surface area contributed by atoms with Crippen molar-refractivity contribution in [2.45, 2.75) is 49.7 Å². The van der Waals surface area contributed by atoms with Crippen LogP contribution < -0.4 is 5.73 Å². The quantitative estimate of drug-likeness (QED) is 0.490. The van der Waals surface area contributed by atoms with Crippen molar-refractivity contribution in [1.82, 2.24) is 14.5 Å². The summed E-state index contributed by atoms with van der Waals surface area (Å²) in [7, 11) is 0. The number of benzene rings is 1. The van der Waals surface area contributed by atoms with Gasteiger partial charge in [0.15, 0.2) is 6.23 Å². The maximum atomic E-state index is 13.6. The van der Waals surface area contributed by atoms with Crippen molar-refractivity contribution in [1.29, 1.82) is 0 Å². The highest BCUT2D eigenvalue weighted by Gasteiger charge is 2.48. The Balaban J connectivity index is 1.52. The minimum Gasteiger partial charge on any atom is -0.387 e. The van der Waals surface area contributed by atoms with Crippen molar-refractivity contribution in [2.24, 2.45) is 0 Å². The van der Waals surface area contributed by atoms with Gasteiger partial charge in [0.05, 0.1) is 10.9 Å². The van der Waals surface area contributed by atoms with Crippen molar-refractivity contribution in [3.63, 3.8) is 0 Å². The second-order valence-corrected chi connectivity index (χ2v) is 7.85. The van der Waals surface area contributed by atoms with Crippen molar-refractivity contribution in [3.05, 3.63) is 53.0 Å². The highest BCUT2D eigenvalue weighted by Crippen LogP contribution is 2.42. The number of hydrogen-bond donors (Lipinski definition) is 4. The van der Waals surface area contributed by atoms with Crippen molar-refractivity contribution < 1.29 is 33.2 Å². The third-order valence-electron chi connectivity index (χ3n) is 6.04. The fourth-order valence-corrected chi connectivity index (χ4v) is 4.28. The van der Waals surface area contributed by atoms with Crippen LogP contribution in [0.3, 0.4) is 0 Å². The standard InChI is InChI=1S/C20H19F3N4O4/c21-20(22,23)11-6-27(18-12(11)17(24)25-7-26-18)19-15(30)14(29)16(31-19)13(28)10-4-2-8-1-3-9(8)5-10/h2,4-7,13-16,19,28-30H,1,3H2,(H2,24,25,26)/t13-,14+,15-,16-,19-/m1/s1. The lowest BCUT2D eigenvalue weighted by molar-refractivity contribution is -0.136. The first-order chi connectivity index (χ1) is 14.7. The highest BCUT2D eigenvalue weighted by molar-refractivity contribution is 5.90. The van der Waals surface area contributed by atoms with Crippen molar-refractivity contribution in [2.75, 3.05) is 5.73 Å². The Bertz CT molecular complexity index is 1170. The molecule has 3 aromatic rings. The molecule has 11 heteroatoms. The fraction of sp³-hybridized carbons (Fsp3) is 0.400. The van der Waals surface area contributed by atoms with E-state index in [0.717, 1.165) is 35.5 Å². The van der Waals surface area contributed by atoms with E-state index in [-0.39, 0.29) is 11.5 Å². The largest absolute Gasteiger partial charge is 0.418 e. The van der Waals surface area contributed by atoms with Gasteiger partial charge in [-0.25, -0.2) is 9.97 Å². The maximum Gasteiger partial charge on any atom is 0.418 e. The van der Waals surface area contributed by atoms with Crippen LogP contribution in [0.15, 0.2) is 30.7 Å². The first-order valence-corrected chi connectivity index (χ1v) is 9.66. The zero-order valence-electron chi connectivity index (χ0n) is 16.0. The van der Waals surface area contributed by atoms with Gasteiger partial charge in [-0.2, -0.15) is 13.2 Å². The van der Waals surface area contributed by atoms with E-state index in [9.17, 15) is 28.5 Å². The molecule has 5 N–H and O–H groups in total. The van der Waals surface area contributed by atoms with E-state index >= 15 is 0 Å². The van der Waals surface area contributed by atoms with Crippen LogP contribution in [0, 0.1) is 0 Å². The molecule has 1 fully saturated rings. The Kier molecular flexibility index (Phi) is 4.49. The number of nitrogens with two attached hydrogens (primary N) is 1. The summed E-state index contributed by atoms with van der Waals surface area (Å²) in [4.78, 5) is 7.49. The molecule has 0 spiro atoms. The van der Waals surface area contributed by atoms with Crippen LogP contribution in [0.1, 0.15) is 34.6 Å². The molecule has 3 heterocycles. The number of nitrogen functional groups attached to an aromatic ring is 1. The van der Waals surface area contributed by atoms with Crippen LogP contribution in [0.5, 0.6) is 0 Å². The summed E-state index contributed by atoms with van der Waals surface area (Å²) < 4.78 is 47.3. The minimum atomic E-state index is -4.75. The number of halogens is 3. The van der Waals surface area contributed by atoms with Gasteiger partial charge in [-0.15, -0.1) is 0 Å². The van der Waals surface area contributed by atoms with Crippen molar-refractivity contribution in [3.8, 4) is 0 Å². The molecule has 164 valence electrons. The topological polar surface area (TPSA) is 127 Å². The van der Waals surface area contributed by atoms with E-state index in [1.54, 1.807) is 12.1 Å². The Labute approximate surface area is 173 Å². The number of ether oxygens (including phenoxy) is 1. The number of alkyl halides is 3. The summed E-state index contributed by atoms with van der Waals surface area (Å²) in [5.41, 5.74) is 7.12. The van der Waals surface area contributed by atoms with Gasteiger partial charge >= 0.3 is 6.18 Å². The summed E-state index contributed by atoms with van der Waals surface area (Å²) >= 11 is 0. The number of fused-ring (bicyclic) bond motifs is 2. The van der Waals surface area contributed by atoms with Gasteiger partial charge in [-0.05, 0) is 29.5 Å². The molecule has 5 rings (SSSR count). The molecule has 8 nitrogen and oxygen atoms in total. The van der Waals surface area contributed by atoms with Crippen LogP contribution in [-0.2, 0) is 23.8 Å². The minimum absolute atomic E-state index is 0.202. The van der Waals surface area contributed by atoms with Gasteiger partial charge in [-0.1, -0.05) is 18.2 Å². The highest BCUT2D eigenvalue weighted by atomic mass is 19.4. The zero-order chi connectivity index (χ0) is 22.1. The van der Waals surface area contributed by atoms with Crippen LogP contribution >= 0.6 is 0 Å². The number of nitrogens with zero attached hydrogens (tertiary/aromatic N) is 3. The van der Waals surface area contributed by atoms with E-state index in [4.69, 9.17) is 10.5 Å². The predicted molar refractivity (Wildman–Crippen MR) is 102 cm³/mol. The summed E-state index contributed by atoms with van der Waals surface area (Å²) in [6.45, 7) is 0. The number of hydrogen-bond acceptors (Lipinski definition) is 7. The molecule has 1 aromatic carbocycles. The molecule has 2 aromatic heterocycles. The molecule has 5 atom stereocenters. The van der Waals surface area contributed by atoms with Crippen molar-refractivity contribution >= 4 is 16.9 Å². The number of aliphatic hydroxyl groups is 3. The lowest BCUT2D eigenvalue weighted by Gasteiger charge is -2.25. The van der Waals surface area contributed by atoms with Crippen LogP contribution in [-0.4, -0.2) is 48.2 Å². The maximum absolute atomic E-state index is 13.6. The molecule has 0 saturated carbocycles. The lowest BCUT2D eigenvalue weighted by atomic mass is 9.85. The van der Waals surface area contributed by atoms with Crippen LogP contribution in [0.2, 0.25) is 0 Å². The van der Waals surface area contributed by atoms with Gasteiger partial charge in [-0.3, -0.25) is 0 Å². The molecule has 31 heavy (non-hydrogen) atoms. The van der Waals surface area contributed by atoms with E-state index < -0.39 is 47.8 Å². The second kappa shape index (κ2) is 6.89. The van der Waals surface area contributed by atoms with Gasteiger partial charge in [0, 0.05) is 6.20 Å². The molecule has 0 unspecified atom stereocenters. The molecule has 2 aliphatic rings. The third-order valence-corrected chi connectivity index (χ3v) is 6.04. The Morgan fingerprint density at radius 3 is 2.52 bits per heavy atom. The Hall–Kier alpha value is -2.73. The van der Waals surface area contributed by atoms with E-state index in [2.05, 4.69) is 9.97 Å². The Morgan fingerprint density at radius 2 is 1.87 bits per heavy atom. The molecular weight excluding hydrogens is 417 g/mol. The molecule has 0 radical (unpaired) electrons. The smallest absolute Gasteiger partial charge is 0.387 e. The Morgan fingerprint density at radius 1 is 1.13 bits per heavy atom. The number of aryl methyl sites for hydroxylation is 2. The fourth-order valence-electron chi connectivity index (χ4n) is 4.28. The third kappa shape index (κ3) is 3.07. The monoisotopic (exact) mass is 436 g/mol. The van der Waals surface area contributed by atoms with Gasteiger partial charge < -0.3 is 30.4 Å². The zero-order valence-corrected chi connectivity index (χ0v) is 16.0. The molecule has 0 bridgehead atoms. The van der Waals surface area contributed by atoms with Gasteiger partial charge in [0.25, 0.3) is 0 Å². The number of rotatable bonds is 3. The second-order valence-electron chi connectivity index (χ2n) is 7.85. The molecule has 1 aliphatic carbocycles. The average Bonchev–Trinajstić information content (AvgIpc) is 3.22. The van der Waals surface area contributed by atoms with E-state index in [0.29, 0.717) is 5.56 Å². The summed E-state index contributed by atoms with van der Waals surface area (Å²) in [6.07, 6.45) is -8.32. The normalized spacial score (nSPS) is 26.6. The van der Waals surface area contributed by atoms with E-state index in [1.807, 2.05) is 6.07 Å². The van der Waals surface area contributed by atoms with Crippen LogP contribution in [0.25, 0.3) is 11.0 Å². The molecule has 0 amide bonds. The van der Waals surface area contributed by atoms with Crippen LogP contribution in [0.4, 0.5) is 19.0 Å². The SMILES string of the molecule is Nc1ncnc2c1c(C(F)(F)F)cn2[C@@H]1O[C@H]([C@H](O)c2ccc3c(c2)CC3)[C@@H](O)[C@H]1O. The first kappa shape index (κ1) is 20.2. The summed E-state index contributed by atoms with van der Waals surface area (Å²) in [5.74, 6) is -0.372. The number of aromatic nitrogens is 3. The number of anilines is 1. The first-order valence-electron chi connectivity index (χ1n) is 9.66. The van der Waals surface area contributed by atoms with Gasteiger partial charge in [0.1, 0.15) is 42.2 Å². The number of aliphatic hydroxyl groups excluding tert-OH is 3. The lowest BCUT2D eigenvalue weighted by Crippen LogP contribution is -2.35. The summed E-state index contributed by atoms with van der Waals surface area (Å²) in [6, 6.07) is 5.39. The predicted octanol–water partition coefficient (Wildman–Crippen LogP) is 1.48.